The van der Waals surface area contributed by atoms with Gasteiger partial charge < -0.3 is 10.0 Å². The number of hydrogen-bond donors (Lipinski definition) is 1. The SMILES string of the molecule is O=C(O)CC1CSCCN1C(=O)C(F)(F)C(F)F. The zero-order valence-electron chi connectivity index (χ0n) is 9.11. The van der Waals surface area contributed by atoms with Crippen LogP contribution in [0.2, 0.25) is 0 Å². The molecular weight excluding hydrogens is 278 g/mol. The van der Waals surface area contributed by atoms with E-state index in [0.29, 0.717) is 10.7 Å². The lowest BCUT2D eigenvalue weighted by atomic mass is 10.1. The van der Waals surface area contributed by atoms with E-state index >= 15 is 0 Å². The molecule has 0 aromatic heterocycles. The van der Waals surface area contributed by atoms with Gasteiger partial charge in [0, 0.05) is 18.1 Å². The Kier molecular flexibility index (Phi) is 4.83. The van der Waals surface area contributed by atoms with Crippen LogP contribution in [0.15, 0.2) is 0 Å². The van der Waals surface area contributed by atoms with Crippen LogP contribution in [0.25, 0.3) is 0 Å². The van der Waals surface area contributed by atoms with Gasteiger partial charge in [0.1, 0.15) is 0 Å². The van der Waals surface area contributed by atoms with Crippen molar-refractivity contribution in [1.29, 1.82) is 0 Å². The number of aliphatic carboxylic acids is 1. The summed E-state index contributed by atoms with van der Waals surface area (Å²) in [5, 5.41) is 8.59. The van der Waals surface area contributed by atoms with Crippen LogP contribution in [0, 0.1) is 0 Å². The fraction of sp³-hybridized carbons (Fsp3) is 0.778. The second kappa shape index (κ2) is 5.77. The summed E-state index contributed by atoms with van der Waals surface area (Å²) in [5.41, 5.74) is 0. The molecule has 1 fully saturated rings. The van der Waals surface area contributed by atoms with Crippen molar-refractivity contribution in [1.82, 2.24) is 4.90 Å². The molecule has 1 N–H and O–H groups in total. The van der Waals surface area contributed by atoms with Crippen LogP contribution in [-0.2, 0) is 9.59 Å². The zero-order valence-corrected chi connectivity index (χ0v) is 9.93. The van der Waals surface area contributed by atoms with Gasteiger partial charge in [-0.1, -0.05) is 0 Å². The first-order valence-electron chi connectivity index (χ1n) is 5.03. The number of halogens is 4. The first-order chi connectivity index (χ1) is 8.26. The van der Waals surface area contributed by atoms with Crippen LogP contribution >= 0.6 is 11.8 Å². The molecule has 1 aliphatic rings. The Morgan fingerprint density at radius 3 is 2.56 bits per heavy atom. The van der Waals surface area contributed by atoms with E-state index in [1.165, 1.54) is 11.8 Å². The lowest BCUT2D eigenvalue weighted by Crippen LogP contribution is -2.55. The first-order valence-corrected chi connectivity index (χ1v) is 6.19. The number of carbonyl (C=O) groups is 2. The van der Waals surface area contributed by atoms with Crippen LogP contribution in [0.3, 0.4) is 0 Å². The van der Waals surface area contributed by atoms with Crippen LogP contribution in [0.1, 0.15) is 6.42 Å². The average Bonchev–Trinajstić information content (AvgIpc) is 2.27. The van der Waals surface area contributed by atoms with Crippen molar-refractivity contribution in [2.45, 2.75) is 24.8 Å². The Hall–Kier alpha value is -0.990. The number of nitrogens with zero attached hydrogens (tertiary/aromatic N) is 1. The van der Waals surface area contributed by atoms with Gasteiger partial charge in [0.05, 0.1) is 12.5 Å². The molecule has 1 rings (SSSR count). The van der Waals surface area contributed by atoms with E-state index < -0.39 is 36.7 Å². The summed E-state index contributed by atoms with van der Waals surface area (Å²) >= 11 is 1.30. The lowest BCUT2D eigenvalue weighted by molar-refractivity contribution is -0.182. The van der Waals surface area contributed by atoms with E-state index in [1.807, 2.05) is 0 Å². The van der Waals surface area contributed by atoms with E-state index in [4.69, 9.17) is 5.11 Å². The molecule has 0 saturated carbocycles. The normalized spacial score (nSPS) is 21.2. The third-order valence-electron chi connectivity index (χ3n) is 2.46. The van der Waals surface area contributed by atoms with Crippen LogP contribution in [-0.4, -0.2) is 58.3 Å². The van der Waals surface area contributed by atoms with Crippen molar-refractivity contribution in [3.05, 3.63) is 0 Å². The van der Waals surface area contributed by atoms with Gasteiger partial charge >= 0.3 is 18.3 Å². The molecule has 0 spiro atoms. The number of alkyl halides is 4. The molecule has 1 saturated heterocycles. The third-order valence-corrected chi connectivity index (χ3v) is 3.55. The molecule has 0 aliphatic carbocycles. The van der Waals surface area contributed by atoms with Gasteiger partial charge in [-0.05, 0) is 0 Å². The first kappa shape index (κ1) is 15.1. The molecule has 1 heterocycles. The number of carbonyl (C=O) groups excluding carboxylic acids is 1. The monoisotopic (exact) mass is 289 g/mol. The van der Waals surface area contributed by atoms with E-state index in [-0.39, 0.29) is 12.3 Å². The van der Waals surface area contributed by atoms with Gasteiger partial charge in [-0.3, -0.25) is 9.59 Å². The topological polar surface area (TPSA) is 57.6 Å². The molecule has 1 aliphatic heterocycles. The predicted octanol–water partition coefficient (Wildman–Crippen LogP) is 1.31. The maximum Gasteiger partial charge on any atom is 0.383 e. The second-order valence-corrected chi connectivity index (χ2v) is 4.90. The Balaban J connectivity index is 2.83. The fourth-order valence-electron chi connectivity index (χ4n) is 1.58. The molecule has 0 bridgehead atoms. The molecule has 1 unspecified atom stereocenters. The average molecular weight is 289 g/mol. The number of hydrogen-bond acceptors (Lipinski definition) is 3. The van der Waals surface area contributed by atoms with Gasteiger partial charge in [-0.15, -0.1) is 0 Å². The van der Waals surface area contributed by atoms with Gasteiger partial charge in [0.25, 0.3) is 5.91 Å². The highest BCUT2D eigenvalue weighted by Gasteiger charge is 2.52. The van der Waals surface area contributed by atoms with Gasteiger partial charge in [-0.25, -0.2) is 8.78 Å². The number of amides is 1. The smallest absolute Gasteiger partial charge is 0.383 e. The fourth-order valence-corrected chi connectivity index (χ4v) is 2.64. The Bertz CT molecular complexity index is 340. The summed E-state index contributed by atoms with van der Waals surface area (Å²) in [6.07, 6.45) is -4.62. The molecular formula is C9H11F4NO3S. The molecule has 18 heavy (non-hydrogen) atoms. The van der Waals surface area contributed by atoms with E-state index in [2.05, 4.69) is 0 Å². The maximum atomic E-state index is 12.9. The van der Waals surface area contributed by atoms with Crippen molar-refractivity contribution in [3.8, 4) is 0 Å². The van der Waals surface area contributed by atoms with E-state index in [0.717, 1.165) is 0 Å². The Labute approximate surface area is 104 Å². The molecule has 4 nitrogen and oxygen atoms in total. The van der Waals surface area contributed by atoms with Crippen LogP contribution < -0.4 is 0 Å². The molecule has 1 amide bonds. The van der Waals surface area contributed by atoms with Crippen LogP contribution in [0.4, 0.5) is 17.6 Å². The number of rotatable bonds is 4. The highest BCUT2D eigenvalue weighted by Crippen LogP contribution is 2.29. The quantitative estimate of drug-likeness (QED) is 0.793. The van der Waals surface area contributed by atoms with Gasteiger partial charge in [0.2, 0.25) is 0 Å². The summed E-state index contributed by atoms with van der Waals surface area (Å²) in [5.74, 6) is -7.55. The summed E-state index contributed by atoms with van der Waals surface area (Å²) in [7, 11) is 0. The Morgan fingerprint density at radius 2 is 2.06 bits per heavy atom. The highest BCUT2D eigenvalue weighted by atomic mass is 32.2. The second-order valence-electron chi connectivity index (χ2n) is 3.75. The summed E-state index contributed by atoms with van der Waals surface area (Å²) in [6, 6.07) is -0.974. The third kappa shape index (κ3) is 3.27. The maximum absolute atomic E-state index is 12.9. The molecule has 9 heteroatoms. The van der Waals surface area contributed by atoms with Gasteiger partial charge in [-0.2, -0.15) is 20.5 Å². The number of thioether (sulfide) groups is 1. The molecule has 104 valence electrons. The van der Waals surface area contributed by atoms with E-state index in [1.54, 1.807) is 0 Å². The summed E-state index contributed by atoms with van der Waals surface area (Å²) in [6.45, 7) is -0.149. The minimum Gasteiger partial charge on any atom is -0.481 e. The van der Waals surface area contributed by atoms with Crippen molar-refractivity contribution < 1.29 is 32.3 Å². The Morgan fingerprint density at radius 1 is 1.44 bits per heavy atom. The minimum atomic E-state index is -4.77. The van der Waals surface area contributed by atoms with Crippen LogP contribution in [0.5, 0.6) is 0 Å². The lowest BCUT2D eigenvalue weighted by Gasteiger charge is -2.36. The zero-order chi connectivity index (χ0) is 13.9. The minimum absolute atomic E-state index is 0.149. The van der Waals surface area contributed by atoms with Crippen molar-refractivity contribution in [3.63, 3.8) is 0 Å². The molecule has 0 radical (unpaired) electrons. The molecule has 0 aromatic rings. The molecule has 0 aromatic carbocycles. The number of carboxylic acids is 1. The van der Waals surface area contributed by atoms with Crippen molar-refractivity contribution in [2.75, 3.05) is 18.1 Å². The van der Waals surface area contributed by atoms with Crippen molar-refractivity contribution in [2.24, 2.45) is 0 Å². The predicted molar refractivity (Wildman–Crippen MR) is 56.0 cm³/mol. The van der Waals surface area contributed by atoms with Crippen molar-refractivity contribution >= 4 is 23.6 Å². The summed E-state index contributed by atoms with van der Waals surface area (Å²) < 4.78 is 50.1. The highest BCUT2D eigenvalue weighted by molar-refractivity contribution is 7.99. The van der Waals surface area contributed by atoms with Gasteiger partial charge in [0.15, 0.2) is 0 Å². The molecule has 1 atom stereocenters. The summed E-state index contributed by atoms with van der Waals surface area (Å²) in [4.78, 5) is 22.4. The van der Waals surface area contributed by atoms with E-state index in [9.17, 15) is 27.2 Å². The standard InChI is InChI=1S/C9H11F4NO3S/c10-7(11)9(12,13)8(17)14-1-2-18-4-5(14)3-6(15)16/h5,7H,1-4H2,(H,15,16). The number of carboxylic acid groups (broad SMARTS) is 1. The largest absolute Gasteiger partial charge is 0.481 e.